The highest BCUT2D eigenvalue weighted by Crippen LogP contribution is 2.42. The first-order chi connectivity index (χ1) is 13.0. The highest BCUT2D eigenvalue weighted by atomic mass is 35.5. The Bertz CT molecular complexity index is 912. The summed E-state index contributed by atoms with van der Waals surface area (Å²) in [6.07, 6.45) is 4.89. The highest BCUT2D eigenvalue weighted by molar-refractivity contribution is 6.36. The van der Waals surface area contributed by atoms with Gasteiger partial charge in [0.1, 0.15) is 0 Å². The van der Waals surface area contributed by atoms with Crippen molar-refractivity contribution < 1.29 is 18.8 Å². The number of carbonyl (C=O) groups is 3. The Morgan fingerprint density at radius 2 is 1.81 bits per heavy atom. The molecule has 1 N–H and O–H groups in total. The summed E-state index contributed by atoms with van der Waals surface area (Å²) in [5.74, 6) is -0.971. The number of furan rings is 1. The van der Waals surface area contributed by atoms with Crippen LogP contribution in [0.3, 0.4) is 0 Å². The lowest BCUT2D eigenvalue weighted by atomic mass is 9.81. The summed E-state index contributed by atoms with van der Waals surface area (Å²) in [6.45, 7) is 1.78. The molecule has 1 saturated heterocycles. The first kappa shape index (κ1) is 17.8. The average Bonchev–Trinajstić information content (AvgIpc) is 3.18. The number of hydrogen-bond acceptors (Lipinski definition) is 4. The van der Waals surface area contributed by atoms with Crippen molar-refractivity contribution in [2.24, 2.45) is 11.8 Å². The minimum absolute atomic E-state index is 0.172. The molecule has 1 saturated carbocycles. The van der Waals surface area contributed by atoms with Gasteiger partial charge in [0.05, 0.1) is 28.8 Å². The number of nitrogens with zero attached hydrogens (tertiary/aromatic N) is 1. The maximum Gasteiger partial charge on any atom is 0.291 e. The van der Waals surface area contributed by atoms with Gasteiger partial charge in [-0.2, -0.15) is 0 Å². The zero-order valence-corrected chi connectivity index (χ0v) is 15.6. The number of rotatable bonds is 3. The van der Waals surface area contributed by atoms with E-state index in [-0.39, 0.29) is 40.3 Å². The van der Waals surface area contributed by atoms with E-state index in [1.54, 1.807) is 25.1 Å². The number of halogens is 1. The molecule has 2 fully saturated rings. The molecule has 0 unspecified atom stereocenters. The molecule has 1 aromatic carbocycles. The largest absolute Gasteiger partial charge is 0.459 e. The third-order valence-electron chi connectivity index (χ3n) is 5.36. The summed E-state index contributed by atoms with van der Waals surface area (Å²) in [5.41, 5.74) is 1.56. The van der Waals surface area contributed by atoms with Gasteiger partial charge in [-0.25, -0.2) is 4.90 Å². The van der Waals surface area contributed by atoms with Crippen molar-refractivity contribution in [1.82, 2.24) is 0 Å². The second-order valence-corrected chi connectivity index (χ2v) is 7.47. The van der Waals surface area contributed by atoms with Gasteiger partial charge < -0.3 is 9.73 Å². The molecule has 6 nitrogen and oxygen atoms in total. The number of aryl methyl sites for hydroxylation is 1. The standard InChI is InChI=1S/C20H19ClN2O4/c1-11-8-9-27-17(11)18(24)22-12-6-7-16(15(21)10-12)23-19(25)13-4-2-3-5-14(13)20(23)26/h6-10,13-14H,2-5H2,1H3,(H,22,24)/t13-,14-/m1/s1. The van der Waals surface area contributed by atoms with Crippen molar-refractivity contribution in [3.05, 3.63) is 46.9 Å². The quantitative estimate of drug-likeness (QED) is 0.803. The summed E-state index contributed by atoms with van der Waals surface area (Å²) in [6, 6.07) is 6.46. The van der Waals surface area contributed by atoms with E-state index in [9.17, 15) is 14.4 Å². The lowest BCUT2D eigenvalue weighted by Crippen LogP contribution is -2.31. The Morgan fingerprint density at radius 3 is 2.37 bits per heavy atom. The molecule has 4 rings (SSSR count). The first-order valence-electron chi connectivity index (χ1n) is 9.00. The Balaban J connectivity index is 1.57. The maximum atomic E-state index is 12.7. The van der Waals surface area contributed by atoms with Gasteiger partial charge in [0.2, 0.25) is 11.8 Å². The van der Waals surface area contributed by atoms with Crippen molar-refractivity contribution in [2.75, 3.05) is 10.2 Å². The summed E-state index contributed by atoms with van der Waals surface area (Å²) in [7, 11) is 0. The Morgan fingerprint density at radius 1 is 1.15 bits per heavy atom. The maximum absolute atomic E-state index is 12.7. The smallest absolute Gasteiger partial charge is 0.291 e. The number of nitrogens with one attached hydrogen (secondary N) is 1. The number of carbonyl (C=O) groups excluding carboxylic acids is 3. The topological polar surface area (TPSA) is 79.6 Å². The molecule has 0 bridgehead atoms. The molecular weight excluding hydrogens is 368 g/mol. The summed E-state index contributed by atoms with van der Waals surface area (Å²) in [5, 5.41) is 2.95. The zero-order chi connectivity index (χ0) is 19.1. The van der Waals surface area contributed by atoms with E-state index in [0.717, 1.165) is 31.2 Å². The van der Waals surface area contributed by atoms with Crippen LogP contribution in [0.4, 0.5) is 11.4 Å². The minimum Gasteiger partial charge on any atom is -0.459 e. The monoisotopic (exact) mass is 386 g/mol. The van der Waals surface area contributed by atoms with Gasteiger partial charge in [0.15, 0.2) is 5.76 Å². The molecule has 1 aromatic heterocycles. The molecule has 0 radical (unpaired) electrons. The average molecular weight is 387 g/mol. The van der Waals surface area contributed by atoms with E-state index >= 15 is 0 Å². The molecular formula is C20H19ClN2O4. The van der Waals surface area contributed by atoms with E-state index in [2.05, 4.69) is 5.32 Å². The zero-order valence-electron chi connectivity index (χ0n) is 14.8. The van der Waals surface area contributed by atoms with Crippen LogP contribution in [0.1, 0.15) is 41.8 Å². The van der Waals surface area contributed by atoms with Crippen molar-refractivity contribution in [3.8, 4) is 0 Å². The fourth-order valence-electron chi connectivity index (χ4n) is 3.96. The van der Waals surface area contributed by atoms with Crippen molar-refractivity contribution >= 4 is 40.7 Å². The third-order valence-corrected chi connectivity index (χ3v) is 5.66. The number of anilines is 2. The highest BCUT2D eigenvalue weighted by Gasteiger charge is 2.49. The van der Waals surface area contributed by atoms with E-state index in [4.69, 9.17) is 16.0 Å². The number of amides is 3. The van der Waals surface area contributed by atoms with Crippen molar-refractivity contribution in [1.29, 1.82) is 0 Å². The van der Waals surface area contributed by atoms with Crippen LogP contribution in [0.25, 0.3) is 0 Å². The number of benzene rings is 1. The van der Waals surface area contributed by atoms with E-state index in [0.29, 0.717) is 11.4 Å². The molecule has 27 heavy (non-hydrogen) atoms. The van der Waals surface area contributed by atoms with Gasteiger partial charge >= 0.3 is 0 Å². The van der Waals surface area contributed by atoms with Gasteiger partial charge in [-0.15, -0.1) is 0 Å². The SMILES string of the molecule is Cc1ccoc1C(=O)Nc1ccc(N2C(=O)[C@@H]3CCCC[C@H]3C2=O)c(Cl)c1. The second kappa shape index (κ2) is 6.85. The van der Waals surface area contributed by atoms with Crippen molar-refractivity contribution in [2.45, 2.75) is 32.6 Å². The second-order valence-electron chi connectivity index (χ2n) is 7.06. The molecule has 2 heterocycles. The van der Waals surface area contributed by atoms with Crippen LogP contribution in [0.5, 0.6) is 0 Å². The normalized spacial score (nSPS) is 22.1. The van der Waals surface area contributed by atoms with Crippen LogP contribution in [-0.2, 0) is 9.59 Å². The van der Waals surface area contributed by atoms with Crippen LogP contribution in [-0.4, -0.2) is 17.7 Å². The molecule has 2 atom stereocenters. The van der Waals surface area contributed by atoms with Gasteiger partial charge in [-0.05, 0) is 44.0 Å². The molecule has 2 aliphatic rings. The first-order valence-corrected chi connectivity index (χ1v) is 9.38. The van der Waals surface area contributed by atoms with E-state index < -0.39 is 0 Å². The lowest BCUT2D eigenvalue weighted by molar-refractivity contribution is -0.122. The molecule has 0 spiro atoms. The van der Waals surface area contributed by atoms with Crippen LogP contribution in [0, 0.1) is 18.8 Å². The third kappa shape index (κ3) is 3.04. The summed E-state index contributed by atoms with van der Waals surface area (Å²) < 4.78 is 5.17. The molecule has 2 aromatic rings. The minimum atomic E-state index is -0.388. The summed E-state index contributed by atoms with van der Waals surface area (Å²) >= 11 is 6.36. The Kier molecular flexibility index (Phi) is 4.52. The van der Waals surface area contributed by atoms with Gasteiger partial charge in [0.25, 0.3) is 5.91 Å². The predicted octanol–water partition coefficient (Wildman–Crippen LogP) is 4.17. The van der Waals surface area contributed by atoms with Crippen LogP contribution < -0.4 is 10.2 Å². The number of fused-ring (bicyclic) bond motifs is 1. The lowest BCUT2D eigenvalue weighted by Gasteiger charge is -2.19. The van der Waals surface area contributed by atoms with Crippen LogP contribution in [0.15, 0.2) is 34.9 Å². The predicted molar refractivity (Wildman–Crippen MR) is 101 cm³/mol. The Hall–Kier alpha value is -2.60. The van der Waals surface area contributed by atoms with Gasteiger partial charge in [-0.3, -0.25) is 14.4 Å². The fourth-order valence-corrected chi connectivity index (χ4v) is 4.22. The molecule has 1 aliphatic heterocycles. The Labute approximate surface area is 161 Å². The van der Waals surface area contributed by atoms with Gasteiger partial charge in [-0.1, -0.05) is 24.4 Å². The fraction of sp³-hybridized carbons (Fsp3) is 0.350. The molecule has 7 heteroatoms. The van der Waals surface area contributed by atoms with Gasteiger partial charge in [0, 0.05) is 11.3 Å². The van der Waals surface area contributed by atoms with E-state index in [1.807, 2.05) is 0 Å². The van der Waals surface area contributed by atoms with Crippen molar-refractivity contribution in [3.63, 3.8) is 0 Å². The van der Waals surface area contributed by atoms with Crippen LogP contribution >= 0.6 is 11.6 Å². The molecule has 3 amide bonds. The van der Waals surface area contributed by atoms with E-state index in [1.165, 1.54) is 17.2 Å². The number of hydrogen-bond donors (Lipinski definition) is 1. The molecule has 140 valence electrons. The van der Waals surface area contributed by atoms with Crippen LogP contribution in [0.2, 0.25) is 5.02 Å². The summed E-state index contributed by atoms with van der Waals surface area (Å²) in [4.78, 5) is 38.9. The molecule has 1 aliphatic carbocycles. The number of imide groups is 1.